The molecular weight excluding hydrogens is 264 g/mol. The molecule has 0 bridgehead atoms. The van der Waals surface area contributed by atoms with E-state index < -0.39 is 5.76 Å². The van der Waals surface area contributed by atoms with Gasteiger partial charge in [-0.25, -0.2) is 0 Å². The first-order chi connectivity index (χ1) is 9.25. The molecule has 0 atom stereocenters. The average Bonchev–Trinajstić information content (AvgIpc) is 2.41. The molecule has 1 nitrogen and oxygen atoms in total. The first-order valence-electron chi connectivity index (χ1n) is 6.07. The molecule has 0 spiro atoms. The molecule has 0 saturated heterocycles. The number of nitrogens with one attached hydrogen (secondary N) is 1. The summed E-state index contributed by atoms with van der Waals surface area (Å²) in [4.78, 5) is 0.588. The summed E-state index contributed by atoms with van der Waals surface area (Å²) in [7, 11) is 0. The highest BCUT2D eigenvalue weighted by Gasteiger charge is 2.08. The van der Waals surface area contributed by atoms with Crippen molar-refractivity contribution in [1.29, 1.82) is 0 Å². The van der Waals surface area contributed by atoms with Gasteiger partial charge in [0.05, 0.1) is 0 Å². The van der Waals surface area contributed by atoms with Crippen molar-refractivity contribution in [2.45, 2.75) is 17.1 Å². The highest BCUT2D eigenvalue weighted by Crippen LogP contribution is 2.31. The van der Waals surface area contributed by atoms with Crippen LogP contribution in [0.25, 0.3) is 0 Å². The molecule has 2 aromatic carbocycles. The van der Waals surface area contributed by atoms with Crippen molar-refractivity contribution in [2.75, 3.05) is 11.9 Å². The number of para-hydroxylation sites is 1. The monoisotopic (exact) mass is 279 g/mol. The molecule has 0 unspecified atom stereocenters. The van der Waals surface area contributed by atoms with Gasteiger partial charge in [0.1, 0.15) is 0 Å². The van der Waals surface area contributed by atoms with Crippen molar-refractivity contribution in [1.82, 2.24) is 0 Å². The highest BCUT2D eigenvalue weighted by molar-refractivity contribution is 7.99. The maximum atomic E-state index is 12.4. The fraction of sp³-hybridized carbons (Fsp3) is 0.200. The molecule has 0 fully saturated rings. The fourth-order valence-electron chi connectivity index (χ4n) is 1.80. The molecule has 19 heavy (non-hydrogen) atoms. The topological polar surface area (TPSA) is 12.0 Å². The maximum Gasteiger partial charge on any atom is 0.288 e. The van der Waals surface area contributed by atoms with Crippen LogP contribution < -0.4 is 5.32 Å². The average molecular weight is 279 g/mol. The Hall–Kier alpha value is -1.55. The lowest BCUT2D eigenvalue weighted by atomic mass is 10.1. The molecule has 0 aliphatic heterocycles. The van der Waals surface area contributed by atoms with Gasteiger partial charge in [0.15, 0.2) is 0 Å². The molecule has 0 heterocycles. The Morgan fingerprint density at radius 3 is 2.37 bits per heavy atom. The van der Waals surface area contributed by atoms with Gasteiger partial charge in [-0.2, -0.15) is 8.78 Å². The van der Waals surface area contributed by atoms with Crippen LogP contribution in [0, 0.1) is 0 Å². The van der Waals surface area contributed by atoms with Crippen LogP contribution in [-0.2, 0) is 6.42 Å². The third-order valence-corrected chi connectivity index (χ3v) is 3.46. The summed E-state index contributed by atoms with van der Waals surface area (Å²) in [6.07, 6.45) is 0.870. The molecule has 100 valence electrons. The van der Waals surface area contributed by atoms with Gasteiger partial charge >= 0.3 is 0 Å². The summed E-state index contributed by atoms with van der Waals surface area (Å²) in [6, 6.07) is 17.2. The second kappa shape index (κ2) is 7.14. The van der Waals surface area contributed by atoms with Crippen LogP contribution in [0.15, 0.2) is 59.5 Å². The smallest absolute Gasteiger partial charge is 0.288 e. The molecule has 1 N–H and O–H groups in total. The normalized spacial score (nSPS) is 10.7. The lowest BCUT2D eigenvalue weighted by Crippen LogP contribution is -2.05. The van der Waals surface area contributed by atoms with Crippen LogP contribution in [0.1, 0.15) is 5.56 Å². The van der Waals surface area contributed by atoms with Crippen LogP contribution >= 0.6 is 11.8 Å². The number of halogens is 2. The SMILES string of the molecule is FC(F)Sc1ccccc1NCCc1ccccc1. The zero-order valence-electron chi connectivity index (χ0n) is 10.4. The van der Waals surface area contributed by atoms with Crippen molar-refractivity contribution in [2.24, 2.45) is 0 Å². The van der Waals surface area contributed by atoms with E-state index in [1.165, 1.54) is 5.56 Å². The van der Waals surface area contributed by atoms with E-state index in [1.54, 1.807) is 12.1 Å². The van der Waals surface area contributed by atoms with E-state index in [-0.39, 0.29) is 0 Å². The molecule has 0 saturated carbocycles. The van der Waals surface area contributed by atoms with Crippen molar-refractivity contribution in [3.8, 4) is 0 Å². The third-order valence-electron chi connectivity index (χ3n) is 2.68. The van der Waals surface area contributed by atoms with Crippen molar-refractivity contribution < 1.29 is 8.78 Å². The molecule has 2 rings (SSSR count). The zero-order chi connectivity index (χ0) is 13.5. The summed E-state index contributed by atoms with van der Waals surface area (Å²) < 4.78 is 24.8. The molecule has 0 aromatic heterocycles. The molecule has 0 aliphatic carbocycles. The molecule has 0 amide bonds. The second-order valence-corrected chi connectivity index (χ2v) is 5.07. The van der Waals surface area contributed by atoms with Crippen molar-refractivity contribution in [3.63, 3.8) is 0 Å². The van der Waals surface area contributed by atoms with E-state index >= 15 is 0 Å². The zero-order valence-corrected chi connectivity index (χ0v) is 11.2. The van der Waals surface area contributed by atoms with Crippen LogP contribution in [0.2, 0.25) is 0 Å². The summed E-state index contributed by atoms with van der Waals surface area (Å²) in [5.41, 5.74) is 2.00. The maximum absolute atomic E-state index is 12.4. The van der Waals surface area contributed by atoms with Gasteiger partial charge in [-0.15, -0.1) is 0 Å². The standard InChI is InChI=1S/C15H15F2NS/c16-15(17)19-14-9-5-4-8-13(14)18-11-10-12-6-2-1-3-7-12/h1-9,15,18H,10-11H2. The van der Waals surface area contributed by atoms with E-state index in [0.29, 0.717) is 16.7 Å². The van der Waals surface area contributed by atoms with Gasteiger partial charge < -0.3 is 5.32 Å². The van der Waals surface area contributed by atoms with Gasteiger partial charge in [0.2, 0.25) is 0 Å². The Morgan fingerprint density at radius 2 is 1.63 bits per heavy atom. The predicted molar refractivity (Wildman–Crippen MR) is 76.9 cm³/mol. The van der Waals surface area contributed by atoms with E-state index in [1.807, 2.05) is 30.3 Å². The van der Waals surface area contributed by atoms with Crippen molar-refractivity contribution >= 4 is 17.4 Å². The molecule has 0 aliphatic rings. The minimum atomic E-state index is -2.39. The Bertz CT molecular complexity index is 503. The van der Waals surface area contributed by atoms with E-state index in [9.17, 15) is 8.78 Å². The Balaban J connectivity index is 1.92. The Labute approximate surface area is 116 Å². The van der Waals surface area contributed by atoms with Crippen LogP contribution in [0.5, 0.6) is 0 Å². The quantitative estimate of drug-likeness (QED) is 0.772. The lowest BCUT2D eigenvalue weighted by Gasteiger charge is -2.11. The minimum Gasteiger partial charge on any atom is -0.384 e. The summed E-state index contributed by atoms with van der Waals surface area (Å²) in [6.45, 7) is 0.727. The van der Waals surface area contributed by atoms with Crippen LogP contribution in [0.3, 0.4) is 0 Å². The number of anilines is 1. The predicted octanol–water partition coefficient (Wildman–Crippen LogP) is 4.66. The number of thioether (sulfide) groups is 1. The first kappa shape index (κ1) is 13.9. The van der Waals surface area contributed by atoms with E-state index in [2.05, 4.69) is 17.4 Å². The number of benzene rings is 2. The van der Waals surface area contributed by atoms with Crippen LogP contribution in [-0.4, -0.2) is 12.3 Å². The highest BCUT2D eigenvalue weighted by atomic mass is 32.2. The fourth-order valence-corrected chi connectivity index (χ4v) is 2.41. The largest absolute Gasteiger partial charge is 0.384 e. The van der Waals surface area contributed by atoms with E-state index in [0.717, 1.165) is 18.7 Å². The molecular formula is C15H15F2NS. The molecule has 4 heteroatoms. The van der Waals surface area contributed by atoms with E-state index in [4.69, 9.17) is 0 Å². The minimum absolute atomic E-state index is 0.575. The van der Waals surface area contributed by atoms with Gasteiger partial charge in [-0.05, 0) is 24.1 Å². The third kappa shape index (κ3) is 4.56. The Kier molecular flexibility index (Phi) is 5.21. The summed E-state index contributed by atoms with van der Waals surface area (Å²) in [5, 5.41) is 3.21. The van der Waals surface area contributed by atoms with Crippen LogP contribution in [0.4, 0.5) is 14.5 Å². The number of hydrogen-bond acceptors (Lipinski definition) is 2. The van der Waals surface area contributed by atoms with Crippen molar-refractivity contribution in [3.05, 3.63) is 60.2 Å². The van der Waals surface area contributed by atoms with Gasteiger partial charge in [-0.3, -0.25) is 0 Å². The van der Waals surface area contributed by atoms with Gasteiger partial charge in [0, 0.05) is 17.1 Å². The number of rotatable bonds is 6. The molecule has 0 radical (unpaired) electrons. The second-order valence-electron chi connectivity index (χ2n) is 4.04. The van der Waals surface area contributed by atoms with Gasteiger partial charge in [0.25, 0.3) is 5.76 Å². The number of hydrogen-bond donors (Lipinski definition) is 1. The summed E-state index contributed by atoms with van der Waals surface area (Å²) in [5.74, 6) is -2.39. The summed E-state index contributed by atoms with van der Waals surface area (Å²) >= 11 is 0.575. The molecule has 2 aromatic rings. The first-order valence-corrected chi connectivity index (χ1v) is 6.95. The number of alkyl halides is 2. The van der Waals surface area contributed by atoms with Gasteiger partial charge in [-0.1, -0.05) is 54.2 Å². The lowest BCUT2D eigenvalue weighted by molar-refractivity contribution is 0.252. The Morgan fingerprint density at radius 1 is 0.947 bits per heavy atom.